The number of hydrogen-bond acceptors (Lipinski definition) is 5. The van der Waals surface area contributed by atoms with Crippen LogP contribution < -0.4 is 5.32 Å². The molecule has 130 valence electrons. The summed E-state index contributed by atoms with van der Waals surface area (Å²) in [5.41, 5.74) is 1.33. The van der Waals surface area contributed by atoms with Gasteiger partial charge in [-0.2, -0.15) is 0 Å². The topological polar surface area (TPSA) is 92.9 Å². The normalized spacial score (nSPS) is 12.3. The molecule has 2 N–H and O–H groups in total. The third kappa shape index (κ3) is 3.55. The Morgan fingerprint density at radius 3 is 1.96 bits per heavy atom. The Kier molecular flexibility index (Phi) is 4.39. The highest BCUT2D eigenvalue weighted by atomic mass is 16.3. The van der Waals surface area contributed by atoms with E-state index in [1.807, 2.05) is 41.5 Å². The van der Waals surface area contributed by atoms with Crippen LogP contribution in [-0.4, -0.2) is 31.2 Å². The van der Waals surface area contributed by atoms with Gasteiger partial charge in [0.25, 0.3) is 5.91 Å². The molecule has 0 saturated carbocycles. The van der Waals surface area contributed by atoms with Crippen molar-refractivity contribution in [3.05, 3.63) is 28.8 Å². The van der Waals surface area contributed by atoms with Crippen molar-refractivity contribution in [2.45, 2.75) is 52.4 Å². The molecule has 0 aliphatic carbocycles. The fraction of sp³-hybridized carbons (Fsp3) is 0.529. The molecule has 0 atom stereocenters. The summed E-state index contributed by atoms with van der Waals surface area (Å²) >= 11 is 0. The summed E-state index contributed by atoms with van der Waals surface area (Å²) in [7, 11) is 1.65. The summed E-state index contributed by atoms with van der Waals surface area (Å²) in [5, 5.41) is 24.3. The van der Waals surface area contributed by atoms with Crippen molar-refractivity contribution in [1.82, 2.24) is 20.2 Å². The van der Waals surface area contributed by atoms with E-state index in [1.165, 1.54) is 4.68 Å². The Labute approximate surface area is 142 Å². The molecule has 0 fully saturated rings. The lowest BCUT2D eigenvalue weighted by molar-refractivity contribution is 0.102. The van der Waals surface area contributed by atoms with Crippen molar-refractivity contribution >= 4 is 11.9 Å². The molecule has 7 heteroatoms. The molecular weight excluding hydrogens is 306 g/mol. The van der Waals surface area contributed by atoms with Crippen LogP contribution in [0.25, 0.3) is 0 Å². The molecule has 0 aliphatic rings. The van der Waals surface area contributed by atoms with Crippen molar-refractivity contribution in [3.8, 4) is 5.75 Å². The number of phenols is 1. The maximum atomic E-state index is 12.6. The van der Waals surface area contributed by atoms with E-state index >= 15 is 0 Å². The third-order valence-electron chi connectivity index (χ3n) is 3.83. The first kappa shape index (κ1) is 17.9. The van der Waals surface area contributed by atoms with Crippen LogP contribution in [0.1, 0.15) is 63.0 Å². The minimum absolute atomic E-state index is 0.242. The van der Waals surface area contributed by atoms with Crippen molar-refractivity contribution in [1.29, 1.82) is 0 Å². The Morgan fingerprint density at radius 1 is 1.08 bits per heavy atom. The summed E-state index contributed by atoms with van der Waals surface area (Å²) < 4.78 is 1.38. The van der Waals surface area contributed by atoms with Crippen molar-refractivity contribution in [2.24, 2.45) is 7.05 Å². The van der Waals surface area contributed by atoms with Crippen LogP contribution in [-0.2, 0) is 17.9 Å². The second kappa shape index (κ2) is 5.89. The van der Waals surface area contributed by atoms with Crippen LogP contribution in [0.5, 0.6) is 5.75 Å². The number of aromatic hydroxyl groups is 1. The quantitative estimate of drug-likeness (QED) is 0.882. The summed E-state index contributed by atoms with van der Waals surface area (Å²) in [4.78, 5) is 12.6. The van der Waals surface area contributed by atoms with Gasteiger partial charge in [0, 0.05) is 23.7 Å². The smallest absolute Gasteiger partial charge is 0.258 e. The van der Waals surface area contributed by atoms with Gasteiger partial charge in [-0.15, -0.1) is 0 Å². The molecule has 1 aromatic heterocycles. The predicted molar refractivity (Wildman–Crippen MR) is 92.3 cm³/mol. The van der Waals surface area contributed by atoms with Gasteiger partial charge in [-0.25, -0.2) is 4.68 Å². The van der Waals surface area contributed by atoms with E-state index in [9.17, 15) is 9.90 Å². The van der Waals surface area contributed by atoms with Gasteiger partial charge < -0.3 is 5.11 Å². The number of amides is 1. The Hall–Kier alpha value is -2.44. The highest BCUT2D eigenvalue weighted by Crippen LogP contribution is 2.39. The van der Waals surface area contributed by atoms with E-state index in [1.54, 1.807) is 19.2 Å². The number of nitrogens with zero attached hydrogens (tertiary/aromatic N) is 4. The summed E-state index contributed by atoms with van der Waals surface area (Å²) in [6.45, 7) is 12.0. The van der Waals surface area contributed by atoms with Crippen molar-refractivity contribution in [2.75, 3.05) is 5.32 Å². The second-order valence-electron chi connectivity index (χ2n) is 8.00. The van der Waals surface area contributed by atoms with E-state index in [4.69, 9.17) is 0 Å². The molecule has 0 unspecified atom stereocenters. The molecule has 0 radical (unpaired) electrons. The minimum Gasteiger partial charge on any atom is -0.507 e. The van der Waals surface area contributed by atoms with Crippen LogP contribution in [0.15, 0.2) is 12.1 Å². The lowest BCUT2D eigenvalue weighted by Crippen LogP contribution is -2.21. The van der Waals surface area contributed by atoms with E-state index in [-0.39, 0.29) is 28.4 Å². The molecule has 1 amide bonds. The zero-order valence-corrected chi connectivity index (χ0v) is 15.3. The summed E-state index contributed by atoms with van der Waals surface area (Å²) in [5.74, 6) is 0.193. The number of hydrogen-bond donors (Lipinski definition) is 2. The summed E-state index contributed by atoms with van der Waals surface area (Å²) in [6, 6.07) is 3.45. The van der Waals surface area contributed by atoms with Crippen molar-refractivity contribution < 1.29 is 9.90 Å². The predicted octanol–water partition coefficient (Wildman–Crippen LogP) is 2.76. The molecule has 2 rings (SSSR count). The van der Waals surface area contributed by atoms with Crippen molar-refractivity contribution in [3.63, 3.8) is 0 Å². The monoisotopic (exact) mass is 331 g/mol. The first-order valence-corrected chi connectivity index (χ1v) is 7.83. The van der Waals surface area contributed by atoms with Gasteiger partial charge in [0.05, 0.1) is 0 Å². The number of carbonyl (C=O) groups excluding carboxylic acids is 1. The zero-order valence-electron chi connectivity index (χ0n) is 15.3. The fourth-order valence-electron chi connectivity index (χ4n) is 2.42. The summed E-state index contributed by atoms with van der Waals surface area (Å²) in [6.07, 6.45) is 0. The van der Waals surface area contributed by atoms with Crippen LogP contribution in [0, 0.1) is 0 Å². The Morgan fingerprint density at radius 2 is 1.58 bits per heavy atom. The van der Waals surface area contributed by atoms with Gasteiger partial charge in [-0.3, -0.25) is 10.1 Å². The highest BCUT2D eigenvalue weighted by molar-refractivity contribution is 6.03. The van der Waals surface area contributed by atoms with E-state index in [2.05, 4.69) is 20.8 Å². The number of nitrogens with one attached hydrogen (secondary N) is 1. The van der Waals surface area contributed by atoms with Gasteiger partial charge in [0.2, 0.25) is 5.95 Å². The van der Waals surface area contributed by atoms with Gasteiger partial charge in [-0.1, -0.05) is 46.6 Å². The molecule has 7 nitrogen and oxygen atoms in total. The molecule has 1 heterocycles. The van der Waals surface area contributed by atoms with Gasteiger partial charge in [0.15, 0.2) is 0 Å². The van der Waals surface area contributed by atoms with Gasteiger partial charge in [0.1, 0.15) is 5.75 Å². The molecule has 2 aromatic rings. The highest BCUT2D eigenvalue weighted by Gasteiger charge is 2.28. The Bertz CT molecular complexity index is 731. The molecule has 0 saturated heterocycles. The number of carbonyl (C=O) groups is 1. The zero-order chi connectivity index (χ0) is 18.3. The molecular formula is C17H25N5O2. The largest absolute Gasteiger partial charge is 0.507 e. The van der Waals surface area contributed by atoms with Gasteiger partial charge >= 0.3 is 0 Å². The third-order valence-corrected chi connectivity index (χ3v) is 3.83. The number of tetrazole rings is 1. The lowest BCUT2D eigenvalue weighted by atomic mass is 9.78. The van der Waals surface area contributed by atoms with E-state index in [0.717, 1.165) is 11.1 Å². The van der Waals surface area contributed by atoms with Crippen LogP contribution in [0.2, 0.25) is 0 Å². The molecule has 0 bridgehead atoms. The average molecular weight is 331 g/mol. The fourth-order valence-corrected chi connectivity index (χ4v) is 2.42. The minimum atomic E-state index is -0.316. The molecule has 0 spiro atoms. The van der Waals surface area contributed by atoms with E-state index in [0.29, 0.717) is 5.56 Å². The number of rotatable bonds is 2. The van der Waals surface area contributed by atoms with Crippen LogP contribution in [0.4, 0.5) is 5.95 Å². The Balaban J connectivity index is 2.54. The first-order valence-electron chi connectivity index (χ1n) is 7.83. The molecule has 24 heavy (non-hydrogen) atoms. The second-order valence-corrected chi connectivity index (χ2v) is 8.00. The lowest BCUT2D eigenvalue weighted by Gasteiger charge is -2.28. The van der Waals surface area contributed by atoms with E-state index < -0.39 is 0 Å². The maximum Gasteiger partial charge on any atom is 0.258 e. The number of benzene rings is 1. The number of aryl methyl sites for hydroxylation is 1. The van der Waals surface area contributed by atoms with Crippen LogP contribution >= 0.6 is 0 Å². The average Bonchev–Trinajstić information content (AvgIpc) is 2.81. The molecule has 1 aromatic carbocycles. The standard InChI is InChI=1S/C17H25N5O2/c1-16(2,3)11-8-10(9-12(13(11)23)17(4,5)6)14(24)18-15-19-20-21-22(15)7/h8-9,23H,1-7H3,(H,18,19,21,24). The maximum absolute atomic E-state index is 12.6. The first-order chi connectivity index (χ1) is 10.9. The SMILES string of the molecule is Cn1nnnc1NC(=O)c1cc(C(C)(C)C)c(O)c(C(C)(C)C)c1. The van der Waals surface area contributed by atoms with Crippen LogP contribution in [0.3, 0.4) is 0 Å². The number of aromatic nitrogens is 4. The number of phenolic OH excluding ortho intramolecular Hbond substituents is 1. The number of anilines is 1. The molecule has 0 aliphatic heterocycles. The van der Waals surface area contributed by atoms with Gasteiger partial charge in [-0.05, 0) is 33.4 Å².